The third kappa shape index (κ3) is 6.21. The van der Waals surface area contributed by atoms with Gasteiger partial charge in [-0.2, -0.15) is 0 Å². The molecule has 7 heteroatoms. The number of benzene rings is 2. The number of unbranched alkanes of at least 4 members (excludes halogenated alkanes) is 1. The van der Waals surface area contributed by atoms with Crippen molar-refractivity contribution in [2.75, 3.05) is 18.9 Å². The zero-order valence-corrected chi connectivity index (χ0v) is 18.7. The Morgan fingerprint density at radius 1 is 1.10 bits per heavy atom. The number of hydrogen-bond donors (Lipinski definition) is 1. The molecule has 0 radical (unpaired) electrons. The summed E-state index contributed by atoms with van der Waals surface area (Å²) in [4.78, 5) is 29.3. The normalized spacial score (nSPS) is 10.6. The lowest BCUT2D eigenvalue weighted by molar-refractivity contribution is 0.0952. The highest BCUT2D eigenvalue weighted by atomic mass is 32.2. The summed E-state index contributed by atoms with van der Waals surface area (Å²) in [6, 6.07) is 14.6. The maximum atomic E-state index is 12.6. The minimum Gasteiger partial charge on any atom is -0.494 e. The van der Waals surface area contributed by atoms with Gasteiger partial charge in [-0.25, -0.2) is 4.98 Å². The minimum atomic E-state index is -0.0877. The summed E-state index contributed by atoms with van der Waals surface area (Å²) in [7, 11) is 0. The van der Waals surface area contributed by atoms with Crippen molar-refractivity contribution in [3.8, 4) is 11.4 Å². The number of ketones is 1. The summed E-state index contributed by atoms with van der Waals surface area (Å²) in [5.74, 6) is 0.949. The maximum absolute atomic E-state index is 12.6. The number of nitrogens with one attached hydrogen (secondary N) is 1. The summed E-state index contributed by atoms with van der Waals surface area (Å²) >= 11 is 1.37. The van der Waals surface area contributed by atoms with E-state index in [4.69, 9.17) is 4.74 Å². The highest BCUT2D eigenvalue weighted by molar-refractivity contribution is 7.99. The van der Waals surface area contributed by atoms with Crippen LogP contribution in [0.3, 0.4) is 0 Å². The van der Waals surface area contributed by atoms with Crippen LogP contribution >= 0.6 is 11.8 Å². The lowest BCUT2D eigenvalue weighted by Gasteiger charge is -2.10. The fourth-order valence-electron chi connectivity index (χ4n) is 2.99. The number of rotatable bonds is 11. The van der Waals surface area contributed by atoms with Gasteiger partial charge in [0, 0.05) is 35.8 Å². The molecule has 162 valence electrons. The van der Waals surface area contributed by atoms with Crippen molar-refractivity contribution in [2.45, 2.75) is 31.8 Å². The molecule has 3 rings (SSSR count). The van der Waals surface area contributed by atoms with Gasteiger partial charge in [-0.15, -0.1) is 0 Å². The number of carbonyl (C=O) groups is 2. The van der Waals surface area contributed by atoms with Crippen LogP contribution in [0.1, 0.15) is 47.4 Å². The molecule has 0 fully saturated rings. The van der Waals surface area contributed by atoms with Gasteiger partial charge in [-0.1, -0.05) is 31.2 Å². The Morgan fingerprint density at radius 2 is 1.90 bits per heavy atom. The van der Waals surface area contributed by atoms with E-state index in [0.717, 1.165) is 24.3 Å². The molecule has 0 aliphatic heterocycles. The molecule has 2 aromatic carbocycles. The SMILES string of the molecule is CCCCNC(=O)c1cccc(-n2ccnc2SCC(=O)c2ccc(OCC)cc2)c1. The van der Waals surface area contributed by atoms with E-state index >= 15 is 0 Å². The molecule has 31 heavy (non-hydrogen) atoms. The van der Waals surface area contributed by atoms with Gasteiger partial charge in [0.15, 0.2) is 10.9 Å². The first kappa shape index (κ1) is 22.6. The van der Waals surface area contributed by atoms with E-state index in [1.807, 2.05) is 35.9 Å². The van der Waals surface area contributed by atoms with E-state index in [0.29, 0.717) is 29.4 Å². The van der Waals surface area contributed by atoms with Crippen LogP contribution in [-0.2, 0) is 0 Å². The number of imidazole rings is 1. The molecule has 1 amide bonds. The zero-order valence-electron chi connectivity index (χ0n) is 17.8. The second kappa shape index (κ2) is 11.4. The Balaban J connectivity index is 1.66. The van der Waals surface area contributed by atoms with E-state index in [1.165, 1.54) is 11.8 Å². The number of aromatic nitrogens is 2. The highest BCUT2D eigenvalue weighted by Crippen LogP contribution is 2.23. The van der Waals surface area contributed by atoms with E-state index in [-0.39, 0.29) is 17.4 Å². The Morgan fingerprint density at radius 3 is 2.65 bits per heavy atom. The van der Waals surface area contributed by atoms with Crippen molar-refractivity contribution < 1.29 is 14.3 Å². The lowest BCUT2D eigenvalue weighted by atomic mass is 10.1. The van der Waals surface area contributed by atoms with Gasteiger partial charge < -0.3 is 10.1 Å². The molecule has 1 heterocycles. The molecule has 3 aromatic rings. The summed E-state index contributed by atoms with van der Waals surface area (Å²) in [5, 5.41) is 3.63. The first-order chi connectivity index (χ1) is 15.1. The minimum absolute atomic E-state index is 0.0200. The molecule has 0 aliphatic carbocycles. The molecular formula is C24H27N3O3S. The van der Waals surface area contributed by atoms with Crippen molar-refractivity contribution in [2.24, 2.45) is 0 Å². The maximum Gasteiger partial charge on any atom is 0.251 e. The van der Waals surface area contributed by atoms with Gasteiger partial charge in [0.1, 0.15) is 5.75 Å². The Labute approximate surface area is 187 Å². The van der Waals surface area contributed by atoms with Crippen LogP contribution in [0.4, 0.5) is 0 Å². The van der Waals surface area contributed by atoms with Crippen LogP contribution in [0, 0.1) is 0 Å². The topological polar surface area (TPSA) is 73.2 Å². The van der Waals surface area contributed by atoms with E-state index < -0.39 is 0 Å². The average Bonchev–Trinajstić information content (AvgIpc) is 3.27. The van der Waals surface area contributed by atoms with Gasteiger partial charge in [0.2, 0.25) is 0 Å². The Hall–Kier alpha value is -3.06. The third-order valence-electron chi connectivity index (χ3n) is 4.63. The summed E-state index contributed by atoms with van der Waals surface area (Å²) in [5.41, 5.74) is 2.07. The van der Waals surface area contributed by atoms with Crippen LogP contribution in [0.15, 0.2) is 66.1 Å². The van der Waals surface area contributed by atoms with Gasteiger partial charge in [0.05, 0.1) is 12.4 Å². The second-order valence-corrected chi connectivity index (χ2v) is 7.85. The number of hydrogen-bond acceptors (Lipinski definition) is 5. The van der Waals surface area contributed by atoms with Gasteiger partial charge in [-0.3, -0.25) is 14.2 Å². The Bertz CT molecular complexity index is 1010. The van der Waals surface area contributed by atoms with Gasteiger partial charge >= 0.3 is 0 Å². The number of thioether (sulfide) groups is 1. The molecule has 1 aromatic heterocycles. The van der Waals surface area contributed by atoms with Gasteiger partial charge in [0.25, 0.3) is 5.91 Å². The van der Waals surface area contributed by atoms with Crippen LogP contribution in [0.25, 0.3) is 5.69 Å². The number of carbonyl (C=O) groups excluding carboxylic acids is 2. The van der Waals surface area contributed by atoms with Crippen molar-refractivity contribution in [1.82, 2.24) is 14.9 Å². The predicted octanol–water partition coefficient (Wildman–Crippen LogP) is 4.78. The summed E-state index contributed by atoms with van der Waals surface area (Å²) in [6.45, 7) is 5.27. The number of Topliss-reactive ketones (excluding diaryl/α,β-unsaturated/α-hetero) is 1. The molecule has 0 bridgehead atoms. The van der Waals surface area contributed by atoms with Crippen molar-refractivity contribution in [1.29, 1.82) is 0 Å². The molecule has 0 atom stereocenters. The standard InChI is InChI=1S/C24H27N3O3S/c1-3-5-13-25-23(29)19-7-6-8-20(16-19)27-15-14-26-24(27)31-17-22(28)18-9-11-21(12-10-18)30-4-2/h6-12,14-16H,3-5,13,17H2,1-2H3,(H,25,29). The van der Waals surface area contributed by atoms with E-state index in [9.17, 15) is 9.59 Å². The summed E-state index contributed by atoms with van der Waals surface area (Å²) in [6.07, 6.45) is 5.51. The third-order valence-corrected chi connectivity index (χ3v) is 5.60. The fraction of sp³-hybridized carbons (Fsp3) is 0.292. The van der Waals surface area contributed by atoms with Crippen LogP contribution in [-0.4, -0.2) is 40.1 Å². The van der Waals surface area contributed by atoms with Crippen LogP contribution in [0.5, 0.6) is 5.75 Å². The lowest BCUT2D eigenvalue weighted by Crippen LogP contribution is -2.24. The van der Waals surface area contributed by atoms with E-state index in [2.05, 4.69) is 17.2 Å². The fourth-order valence-corrected chi connectivity index (χ4v) is 3.86. The Kier molecular flexibility index (Phi) is 8.29. The van der Waals surface area contributed by atoms with Crippen molar-refractivity contribution >= 4 is 23.5 Å². The molecular weight excluding hydrogens is 410 g/mol. The van der Waals surface area contributed by atoms with Crippen LogP contribution in [0.2, 0.25) is 0 Å². The quantitative estimate of drug-likeness (QED) is 0.266. The first-order valence-corrected chi connectivity index (χ1v) is 11.4. The van der Waals surface area contributed by atoms with Gasteiger partial charge in [-0.05, 0) is 55.8 Å². The van der Waals surface area contributed by atoms with Crippen molar-refractivity contribution in [3.05, 3.63) is 72.1 Å². The zero-order chi connectivity index (χ0) is 22.1. The number of amides is 1. The second-order valence-electron chi connectivity index (χ2n) is 6.91. The monoisotopic (exact) mass is 437 g/mol. The van der Waals surface area contributed by atoms with Crippen LogP contribution < -0.4 is 10.1 Å². The first-order valence-electron chi connectivity index (χ1n) is 10.4. The largest absolute Gasteiger partial charge is 0.494 e. The molecule has 0 saturated carbocycles. The molecule has 6 nitrogen and oxygen atoms in total. The number of ether oxygens (including phenoxy) is 1. The predicted molar refractivity (Wildman–Crippen MR) is 123 cm³/mol. The average molecular weight is 438 g/mol. The molecule has 0 unspecified atom stereocenters. The molecule has 0 spiro atoms. The molecule has 1 N–H and O–H groups in total. The summed E-state index contributed by atoms with van der Waals surface area (Å²) < 4.78 is 7.31. The molecule has 0 aliphatic rings. The molecule has 0 saturated heterocycles. The smallest absolute Gasteiger partial charge is 0.251 e. The number of nitrogens with zero attached hydrogens (tertiary/aromatic N) is 2. The highest BCUT2D eigenvalue weighted by Gasteiger charge is 2.13. The van der Waals surface area contributed by atoms with Crippen molar-refractivity contribution in [3.63, 3.8) is 0 Å². The van der Waals surface area contributed by atoms with E-state index in [1.54, 1.807) is 36.5 Å².